The number of para-hydroxylation sites is 2. The maximum atomic E-state index is 7.25. The molecule has 0 fully saturated rings. The lowest BCUT2D eigenvalue weighted by molar-refractivity contribution is 0.673. The van der Waals surface area contributed by atoms with Crippen LogP contribution in [0.4, 0.5) is 17.1 Å². The van der Waals surface area contributed by atoms with Crippen LogP contribution in [0.1, 0.15) is 0 Å². The maximum Gasteiger partial charge on any atom is 0.143 e. The Morgan fingerprint density at radius 1 is 0.321 bits per heavy atom. The van der Waals surface area contributed by atoms with Crippen LogP contribution in [0, 0.1) is 0 Å². The zero-order valence-corrected chi connectivity index (χ0v) is 45.3. The number of hydrogen-bond donors (Lipinski definition) is 0. The van der Waals surface area contributed by atoms with Gasteiger partial charge in [-0.15, -0.1) is 0 Å². The molecule has 0 N–H and O–H groups in total. The van der Waals surface area contributed by atoms with Crippen molar-refractivity contribution in [3.8, 4) is 33.8 Å². The first-order valence-electron chi connectivity index (χ1n) is 28.6. The summed E-state index contributed by atoms with van der Waals surface area (Å²) in [6.07, 6.45) is 1.86. The Morgan fingerprint density at radius 2 is 0.857 bits per heavy atom. The highest BCUT2D eigenvalue weighted by Gasteiger charge is 2.25. The molecule has 0 radical (unpaired) electrons. The monoisotopic (exact) mass is 1070 g/mol. The van der Waals surface area contributed by atoms with E-state index in [4.69, 9.17) is 14.4 Å². The van der Waals surface area contributed by atoms with Gasteiger partial charge in [0.25, 0.3) is 0 Å². The molecule has 0 amide bonds. The smallest absolute Gasteiger partial charge is 0.143 e. The van der Waals surface area contributed by atoms with E-state index in [9.17, 15) is 0 Å². The fourth-order valence-electron chi connectivity index (χ4n) is 13.7. The molecule has 0 unspecified atom stereocenters. The van der Waals surface area contributed by atoms with Gasteiger partial charge in [-0.1, -0.05) is 182 Å². The zero-order valence-electron chi connectivity index (χ0n) is 45.3. The second-order valence-corrected chi connectivity index (χ2v) is 22.0. The van der Waals surface area contributed by atoms with Crippen LogP contribution in [0.5, 0.6) is 0 Å². The Hall–Kier alpha value is -11.3. The van der Waals surface area contributed by atoms with Gasteiger partial charge in [0.1, 0.15) is 17.0 Å². The first-order valence-corrected chi connectivity index (χ1v) is 28.6. The van der Waals surface area contributed by atoms with Gasteiger partial charge in [-0.2, -0.15) is 0 Å². The summed E-state index contributed by atoms with van der Waals surface area (Å²) in [7, 11) is 0. The van der Waals surface area contributed by atoms with Crippen LogP contribution in [0.25, 0.3) is 153 Å². The van der Waals surface area contributed by atoms with Crippen molar-refractivity contribution < 1.29 is 4.42 Å². The second kappa shape index (κ2) is 18.1. The van der Waals surface area contributed by atoms with Crippen molar-refractivity contribution in [2.75, 3.05) is 4.90 Å². The van der Waals surface area contributed by atoms with E-state index in [0.717, 1.165) is 122 Å². The number of fused-ring (bicyclic) bond motifs is 20. The van der Waals surface area contributed by atoms with E-state index >= 15 is 0 Å². The van der Waals surface area contributed by atoms with Gasteiger partial charge >= 0.3 is 0 Å². The van der Waals surface area contributed by atoms with Crippen molar-refractivity contribution in [1.82, 2.24) is 19.1 Å². The Balaban J connectivity index is 0.931. The quantitative estimate of drug-likeness (QED) is 0.149. The third kappa shape index (κ3) is 6.92. The summed E-state index contributed by atoms with van der Waals surface area (Å²) in [4.78, 5) is 13.0. The van der Waals surface area contributed by atoms with E-state index in [1.54, 1.807) is 0 Å². The van der Waals surface area contributed by atoms with Gasteiger partial charge in [0.2, 0.25) is 0 Å². The van der Waals surface area contributed by atoms with Gasteiger partial charge in [-0.05, 0) is 146 Å². The highest BCUT2D eigenvalue weighted by molar-refractivity contribution is 6.34. The number of anilines is 3. The minimum atomic E-state index is 0.789. The van der Waals surface area contributed by atoms with Crippen LogP contribution < -0.4 is 4.90 Å². The molecule has 18 rings (SSSR count). The average molecular weight is 1070 g/mol. The maximum absolute atomic E-state index is 7.25. The summed E-state index contributed by atoms with van der Waals surface area (Å²) in [5.74, 6) is 0.789. The lowest BCUT2D eigenvalue weighted by Gasteiger charge is -2.27. The summed E-state index contributed by atoms with van der Waals surface area (Å²) in [6.45, 7) is 0. The average Bonchev–Trinajstić information content (AvgIpc) is 1.73. The van der Waals surface area contributed by atoms with E-state index < -0.39 is 0 Å². The summed E-state index contributed by atoms with van der Waals surface area (Å²) in [5.41, 5.74) is 16.5. The summed E-state index contributed by atoms with van der Waals surface area (Å²) in [6, 6.07) is 101. The predicted octanol–water partition coefficient (Wildman–Crippen LogP) is 21.1. The van der Waals surface area contributed by atoms with E-state index in [2.05, 4.69) is 287 Å². The predicted molar refractivity (Wildman–Crippen MR) is 351 cm³/mol. The zero-order chi connectivity index (χ0) is 55.0. The largest absolute Gasteiger partial charge is 0.455 e. The number of nitrogens with zero attached hydrogens (tertiary/aromatic N) is 5. The molecular formula is C78H47N5O. The van der Waals surface area contributed by atoms with Gasteiger partial charge in [0.05, 0.1) is 38.5 Å². The third-order valence-electron chi connectivity index (χ3n) is 17.5. The first kappa shape index (κ1) is 46.4. The molecule has 0 bridgehead atoms. The molecule has 0 aliphatic rings. The van der Waals surface area contributed by atoms with E-state index in [-0.39, 0.29) is 0 Å². The Bertz CT molecular complexity index is 5720. The molecule has 0 aliphatic carbocycles. The molecule has 0 saturated carbocycles. The molecule has 18 aromatic rings. The molecule has 0 saturated heterocycles. The minimum Gasteiger partial charge on any atom is -0.455 e. The van der Waals surface area contributed by atoms with Crippen LogP contribution in [-0.4, -0.2) is 19.1 Å². The molecule has 6 heteroatoms. The lowest BCUT2D eigenvalue weighted by atomic mass is 9.93. The number of furan rings is 1. The van der Waals surface area contributed by atoms with Crippen molar-refractivity contribution in [3.05, 3.63) is 285 Å². The molecule has 13 aromatic carbocycles. The minimum absolute atomic E-state index is 0.789. The van der Waals surface area contributed by atoms with Gasteiger partial charge in [0.15, 0.2) is 0 Å². The molecular weight excluding hydrogens is 1020 g/mol. The molecule has 5 heterocycles. The molecule has 5 aromatic heterocycles. The summed E-state index contributed by atoms with van der Waals surface area (Å²) in [5, 5.41) is 15.9. The highest BCUT2D eigenvalue weighted by Crippen LogP contribution is 2.48. The van der Waals surface area contributed by atoms with Crippen LogP contribution in [-0.2, 0) is 0 Å². The molecule has 84 heavy (non-hydrogen) atoms. The van der Waals surface area contributed by atoms with Crippen molar-refractivity contribution in [1.29, 1.82) is 0 Å². The van der Waals surface area contributed by atoms with Crippen LogP contribution in [0.3, 0.4) is 0 Å². The van der Waals surface area contributed by atoms with Crippen LogP contribution >= 0.6 is 0 Å². The fraction of sp³-hybridized carbons (Fsp3) is 0. The number of benzene rings is 13. The van der Waals surface area contributed by atoms with Gasteiger partial charge in [-0.3, -0.25) is 9.55 Å². The molecule has 390 valence electrons. The molecule has 0 spiro atoms. The Kier molecular flexibility index (Phi) is 9.99. The van der Waals surface area contributed by atoms with Gasteiger partial charge < -0.3 is 13.9 Å². The molecule has 0 atom stereocenters. The lowest BCUT2D eigenvalue weighted by Crippen LogP contribution is -2.10. The van der Waals surface area contributed by atoms with Crippen molar-refractivity contribution in [3.63, 3.8) is 0 Å². The molecule has 6 nitrogen and oxygen atoms in total. The highest BCUT2D eigenvalue weighted by atomic mass is 16.3. The van der Waals surface area contributed by atoms with E-state index in [1.165, 1.54) is 48.8 Å². The Labute approximate surface area is 481 Å². The van der Waals surface area contributed by atoms with Crippen molar-refractivity contribution >= 4 is 137 Å². The van der Waals surface area contributed by atoms with Gasteiger partial charge in [-0.25, -0.2) is 4.98 Å². The number of aromatic nitrogens is 4. The van der Waals surface area contributed by atoms with Crippen molar-refractivity contribution in [2.24, 2.45) is 0 Å². The number of hydrogen-bond acceptors (Lipinski definition) is 4. The number of pyridine rings is 2. The Morgan fingerprint density at radius 3 is 1.63 bits per heavy atom. The number of rotatable bonds is 7. The van der Waals surface area contributed by atoms with Crippen LogP contribution in [0.15, 0.2) is 290 Å². The summed E-state index contributed by atoms with van der Waals surface area (Å²) >= 11 is 0. The van der Waals surface area contributed by atoms with Crippen LogP contribution in [0.2, 0.25) is 0 Å². The van der Waals surface area contributed by atoms with Gasteiger partial charge in [0, 0.05) is 72.0 Å². The summed E-state index contributed by atoms with van der Waals surface area (Å²) < 4.78 is 12.0. The third-order valence-corrected chi connectivity index (χ3v) is 17.5. The topological polar surface area (TPSA) is 52.0 Å². The normalized spacial score (nSPS) is 12.0. The van der Waals surface area contributed by atoms with E-state index in [0.29, 0.717) is 0 Å². The standard InChI is InChI=1S/C78H47N5O/c1-3-16-48(17-4-1)51-18-13-19-52(44-51)53-20-14-24-55(45-53)81(56-34-36-62-61-28-11-12-30-68(61)82(69(62)46-56)54-22-5-2-6-23-54)57-35-37-63-66-40-41-71-74(67-39-38-65-60-27-8-7-25-58(60)59-26-9-10-29-64(59)73(65)78(67)84-71)77(66)83(70(63)47-57)72-42-33-50-32-31-49-21-15-43-79-75(49)76(50)80-72/h1-47H. The fourth-order valence-corrected chi connectivity index (χ4v) is 13.7. The molecule has 0 aliphatic heterocycles. The van der Waals surface area contributed by atoms with E-state index in [1.807, 2.05) is 12.3 Å². The second-order valence-electron chi connectivity index (χ2n) is 22.0. The van der Waals surface area contributed by atoms with Crippen molar-refractivity contribution in [2.45, 2.75) is 0 Å². The SMILES string of the molecule is c1ccc(-c2cccc(-c3cccc(N(c4ccc5c6ccccc6n(-c6ccccc6)c5c4)c4ccc5c6ccc7oc8c(ccc9c%10ccccc%10c%10ccccc%10c98)c7c6n(-c6ccc7ccc8cccnc8c7n6)c5c4)c3)c2)cc1. The first-order chi connectivity index (χ1) is 41.7.